The summed E-state index contributed by atoms with van der Waals surface area (Å²) in [7, 11) is 0. The molecule has 0 spiro atoms. The number of rotatable bonds is 1. The molecule has 1 aliphatic heterocycles. The Bertz CT molecular complexity index is 343. The Morgan fingerprint density at radius 2 is 2.29 bits per heavy atom. The number of carbonyl (C=O) groups excluding carboxylic acids is 1. The first-order chi connectivity index (χ1) is 6.25. The van der Waals surface area contributed by atoms with Crippen molar-refractivity contribution in [2.75, 3.05) is 6.61 Å². The molecule has 76 valence electrons. The molecule has 14 heavy (non-hydrogen) atoms. The SMILES string of the molecule is Cl.O=C1N[C@H](c2cccc(O)c2)CO1. The molecule has 0 bridgehead atoms. The fraction of sp³-hybridized carbons (Fsp3) is 0.222. The minimum atomic E-state index is -0.409. The third-order valence-electron chi connectivity index (χ3n) is 1.95. The number of ether oxygens (including phenoxy) is 1. The fourth-order valence-corrected chi connectivity index (χ4v) is 1.31. The maximum atomic E-state index is 10.7. The van der Waals surface area contributed by atoms with Crippen LogP contribution in [0.5, 0.6) is 5.75 Å². The Morgan fingerprint density at radius 1 is 1.50 bits per heavy atom. The number of phenolic OH excluding ortho intramolecular Hbond substituents is 1. The molecule has 1 heterocycles. The van der Waals surface area contributed by atoms with E-state index in [4.69, 9.17) is 4.74 Å². The molecule has 1 atom stereocenters. The van der Waals surface area contributed by atoms with Crippen LogP contribution in [-0.4, -0.2) is 17.8 Å². The summed E-state index contributed by atoms with van der Waals surface area (Å²) in [6.07, 6.45) is -0.409. The van der Waals surface area contributed by atoms with E-state index < -0.39 is 6.09 Å². The Morgan fingerprint density at radius 3 is 2.86 bits per heavy atom. The fourth-order valence-electron chi connectivity index (χ4n) is 1.31. The van der Waals surface area contributed by atoms with Gasteiger partial charge < -0.3 is 15.2 Å². The molecule has 1 saturated heterocycles. The van der Waals surface area contributed by atoms with Crippen molar-refractivity contribution in [1.29, 1.82) is 0 Å². The van der Waals surface area contributed by atoms with Gasteiger partial charge in [0, 0.05) is 0 Å². The summed E-state index contributed by atoms with van der Waals surface area (Å²) >= 11 is 0. The average molecular weight is 216 g/mol. The molecule has 5 heteroatoms. The maximum Gasteiger partial charge on any atom is 0.407 e. The summed E-state index contributed by atoms with van der Waals surface area (Å²) < 4.78 is 4.73. The molecule has 0 aliphatic carbocycles. The zero-order chi connectivity index (χ0) is 9.26. The van der Waals surface area contributed by atoms with Crippen LogP contribution in [0.2, 0.25) is 0 Å². The second kappa shape index (κ2) is 4.19. The van der Waals surface area contributed by atoms with Crippen LogP contribution in [0.3, 0.4) is 0 Å². The van der Waals surface area contributed by atoms with E-state index in [0.717, 1.165) is 5.56 Å². The van der Waals surface area contributed by atoms with Crippen molar-refractivity contribution in [2.45, 2.75) is 6.04 Å². The van der Waals surface area contributed by atoms with Gasteiger partial charge in [-0.1, -0.05) is 12.1 Å². The van der Waals surface area contributed by atoms with Gasteiger partial charge in [0.25, 0.3) is 0 Å². The van der Waals surface area contributed by atoms with E-state index >= 15 is 0 Å². The highest BCUT2D eigenvalue weighted by Crippen LogP contribution is 2.21. The molecule has 0 aromatic heterocycles. The topological polar surface area (TPSA) is 58.6 Å². The minimum absolute atomic E-state index is 0. The Kier molecular flexibility index (Phi) is 3.19. The molecule has 0 saturated carbocycles. The number of hydrogen-bond donors (Lipinski definition) is 2. The number of nitrogens with one attached hydrogen (secondary N) is 1. The van der Waals surface area contributed by atoms with Gasteiger partial charge in [0.05, 0.1) is 6.04 Å². The largest absolute Gasteiger partial charge is 0.508 e. The van der Waals surface area contributed by atoms with Crippen molar-refractivity contribution in [3.05, 3.63) is 29.8 Å². The third-order valence-corrected chi connectivity index (χ3v) is 1.95. The van der Waals surface area contributed by atoms with Gasteiger partial charge in [-0.2, -0.15) is 0 Å². The molecule has 1 amide bonds. The highest BCUT2D eigenvalue weighted by Gasteiger charge is 2.23. The second-order valence-corrected chi connectivity index (χ2v) is 2.89. The summed E-state index contributed by atoms with van der Waals surface area (Å²) in [5, 5.41) is 11.8. The van der Waals surface area contributed by atoms with Crippen LogP contribution in [0.15, 0.2) is 24.3 Å². The summed E-state index contributed by atoms with van der Waals surface area (Å²) in [5.41, 5.74) is 0.853. The van der Waals surface area contributed by atoms with Crippen LogP contribution in [0.1, 0.15) is 11.6 Å². The Labute approximate surface area is 87.3 Å². The van der Waals surface area contributed by atoms with E-state index in [9.17, 15) is 9.90 Å². The van der Waals surface area contributed by atoms with Crippen LogP contribution in [0, 0.1) is 0 Å². The quantitative estimate of drug-likeness (QED) is 0.748. The van der Waals surface area contributed by atoms with Gasteiger partial charge in [-0.3, -0.25) is 0 Å². The smallest absolute Gasteiger partial charge is 0.407 e. The predicted octanol–water partition coefficient (Wildman–Crippen LogP) is 1.59. The molecule has 1 aliphatic rings. The minimum Gasteiger partial charge on any atom is -0.508 e. The molecule has 1 aromatic carbocycles. The maximum absolute atomic E-state index is 10.7. The molecule has 2 N–H and O–H groups in total. The monoisotopic (exact) mass is 215 g/mol. The van der Waals surface area contributed by atoms with Crippen LogP contribution >= 0.6 is 12.4 Å². The van der Waals surface area contributed by atoms with Crippen LogP contribution in [0.4, 0.5) is 4.79 Å². The van der Waals surface area contributed by atoms with Crippen LogP contribution in [0.25, 0.3) is 0 Å². The van der Waals surface area contributed by atoms with Gasteiger partial charge in [-0.05, 0) is 17.7 Å². The second-order valence-electron chi connectivity index (χ2n) is 2.89. The van der Waals surface area contributed by atoms with Gasteiger partial charge in [-0.25, -0.2) is 4.79 Å². The first-order valence-electron chi connectivity index (χ1n) is 3.98. The van der Waals surface area contributed by atoms with E-state index in [1.54, 1.807) is 18.2 Å². The molecule has 1 fully saturated rings. The molecular formula is C9H10ClNO3. The van der Waals surface area contributed by atoms with E-state index in [2.05, 4.69) is 5.32 Å². The average Bonchev–Trinajstić information content (AvgIpc) is 2.52. The summed E-state index contributed by atoms with van der Waals surface area (Å²) in [5.74, 6) is 0.193. The summed E-state index contributed by atoms with van der Waals surface area (Å²) in [6, 6.07) is 6.62. The van der Waals surface area contributed by atoms with Crippen molar-refractivity contribution in [1.82, 2.24) is 5.32 Å². The Balaban J connectivity index is 0.000000980. The van der Waals surface area contributed by atoms with Gasteiger partial charge >= 0.3 is 6.09 Å². The first-order valence-corrected chi connectivity index (χ1v) is 3.98. The van der Waals surface area contributed by atoms with E-state index in [1.807, 2.05) is 6.07 Å². The van der Waals surface area contributed by atoms with Crippen molar-refractivity contribution in [2.24, 2.45) is 0 Å². The van der Waals surface area contributed by atoms with Gasteiger partial charge in [0.15, 0.2) is 0 Å². The normalized spacial score (nSPS) is 19.4. The lowest BCUT2D eigenvalue weighted by Crippen LogP contribution is -2.18. The number of carbonyl (C=O) groups is 1. The number of cyclic esters (lactones) is 1. The standard InChI is InChI=1S/C9H9NO3.ClH/c11-7-3-1-2-6(4-7)8-5-13-9(12)10-8;/h1-4,8,11H,5H2,(H,10,12);1H/t8-;/m0./s1. The lowest BCUT2D eigenvalue weighted by atomic mass is 10.1. The lowest BCUT2D eigenvalue weighted by molar-refractivity contribution is 0.177. The summed E-state index contributed by atoms with van der Waals surface area (Å²) in [4.78, 5) is 10.7. The highest BCUT2D eigenvalue weighted by atomic mass is 35.5. The number of hydrogen-bond acceptors (Lipinski definition) is 3. The molecular weight excluding hydrogens is 206 g/mol. The number of halogens is 1. The van der Waals surface area contributed by atoms with E-state index in [1.165, 1.54) is 0 Å². The lowest BCUT2D eigenvalue weighted by Gasteiger charge is -2.06. The number of alkyl carbamates (subject to hydrolysis) is 1. The van der Waals surface area contributed by atoms with Crippen molar-refractivity contribution >= 4 is 18.5 Å². The number of benzene rings is 1. The number of aromatic hydroxyl groups is 1. The zero-order valence-corrected chi connectivity index (χ0v) is 8.08. The third kappa shape index (κ3) is 2.09. The van der Waals surface area contributed by atoms with E-state index in [0.29, 0.717) is 6.61 Å². The predicted molar refractivity (Wildman–Crippen MR) is 52.6 cm³/mol. The van der Waals surface area contributed by atoms with Gasteiger partial charge in [0.2, 0.25) is 0 Å². The number of phenols is 1. The first kappa shape index (κ1) is 10.7. The molecule has 1 aromatic rings. The molecule has 0 unspecified atom stereocenters. The molecule has 0 radical (unpaired) electrons. The van der Waals surface area contributed by atoms with Gasteiger partial charge in [0.1, 0.15) is 12.4 Å². The Hall–Kier alpha value is -1.42. The van der Waals surface area contributed by atoms with Crippen LogP contribution < -0.4 is 5.32 Å². The number of amides is 1. The van der Waals surface area contributed by atoms with Gasteiger partial charge in [-0.15, -0.1) is 12.4 Å². The molecule has 4 nitrogen and oxygen atoms in total. The zero-order valence-electron chi connectivity index (χ0n) is 7.27. The van der Waals surface area contributed by atoms with Crippen molar-refractivity contribution in [3.8, 4) is 5.75 Å². The van der Waals surface area contributed by atoms with Crippen molar-refractivity contribution < 1.29 is 14.6 Å². The molecule has 2 rings (SSSR count). The van der Waals surface area contributed by atoms with Crippen LogP contribution in [-0.2, 0) is 4.74 Å². The summed E-state index contributed by atoms with van der Waals surface area (Å²) in [6.45, 7) is 0.322. The van der Waals surface area contributed by atoms with Crippen molar-refractivity contribution in [3.63, 3.8) is 0 Å². The van der Waals surface area contributed by atoms with E-state index in [-0.39, 0.29) is 24.2 Å². The highest BCUT2D eigenvalue weighted by molar-refractivity contribution is 5.85.